The molecule has 2 aliphatic rings. The van der Waals surface area contributed by atoms with Gasteiger partial charge in [-0.15, -0.1) is 0 Å². The quantitative estimate of drug-likeness (QED) is 0.751. The molecule has 0 saturated carbocycles. The van der Waals surface area contributed by atoms with Gasteiger partial charge >= 0.3 is 0 Å². The summed E-state index contributed by atoms with van der Waals surface area (Å²) in [5.41, 5.74) is 3.51. The molecular weight excluding hydrogens is 376 g/mol. The van der Waals surface area contributed by atoms with Crippen LogP contribution in [0.2, 0.25) is 0 Å². The van der Waals surface area contributed by atoms with E-state index in [9.17, 15) is 9.59 Å². The van der Waals surface area contributed by atoms with Crippen molar-refractivity contribution in [2.75, 3.05) is 41.3 Å². The first-order valence-electron chi connectivity index (χ1n) is 10.3. The lowest BCUT2D eigenvalue weighted by atomic mass is 9.99. The van der Waals surface area contributed by atoms with Crippen molar-refractivity contribution in [1.82, 2.24) is 19.8 Å². The van der Waals surface area contributed by atoms with Crippen LogP contribution in [0.3, 0.4) is 0 Å². The molecule has 0 aliphatic heterocycles. The second-order valence-corrected chi connectivity index (χ2v) is 8.42. The Hall–Kier alpha value is -2.96. The molecule has 0 unspecified atom stereocenters. The van der Waals surface area contributed by atoms with Gasteiger partial charge < -0.3 is 19.8 Å². The molecule has 156 valence electrons. The third-order valence-electron chi connectivity index (χ3n) is 5.65. The number of nitrogens with one attached hydrogen (secondary N) is 2. The van der Waals surface area contributed by atoms with E-state index >= 15 is 0 Å². The van der Waals surface area contributed by atoms with Crippen molar-refractivity contribution < 1.29 is 9.59 Å². The Kier molecular flexibility index (Phi) is 5.45. The van der Waals surface area contributed by atoms with E-state index in [1.807, 2.05) is 40.3 Å². The van der Waals surface area contributed by atoms with E-state index in [1.165, 1.54) is 0 Å². The number of allylic oxidation sites excluding steroid dienone is 4. The van der Waals surface area contributed by atoms with Crippen LogP contribution in [0.5, 0.6) is 0 Å². The molecule has 0 saturated heterocycles. The molecule has 2 aromatic rings. The van der Waals surface area contributed by atoms with Crippen molar-refractivity contribution in [3.05, 3.63) is 68.0 Å². The number of hydrogen-bond acceptors (Lipinski definition) is 4. The summed E-state index contributed by atoms with van der Waals surface area (Å²) in [7, 11) is 8.12. The molecule has 0 atom stereocenters. The zero-order valence-electron chi connectivity index (χ0n) is 18.0. The molecular formula is C24H28N4O2. The number of carbonyl (C=O) groups is 2. The zero-order valence-corrected chi connectivity index (χ0v) is 18.0. The summed E-state index contributed by atoms with van der Waals surface area (Å²) in [5, 5.41) is 3.51. The highest BCUT2D eigenvalue weighted by atomic mass is 16.1. The van der Waals surface area contributed by atoms with Gasteiger partial charge in [-0.1, -0.05) is 12.2 Å². The number of ketones is 2. The molecule has 2 aliphatic carbocycles. The number of carbonyl (C=O) groups excluding carboxylic acids is 2. The highest BCUT2D eigenvalue weighted by molar-refractivity contribution is 6.08. The Morgan fingerprint density at radius 2 is 1.10 bits per heavy atom. The van der Waals surface area contributed by atoms with Crippen LogP contribution in [0.15, 0.2) is 24.3 Å². The molecule has 6 heteroatoms. The number of aromatic nitrogens is 2. The second kappa shape index (κ2) is 8.05. The SMILES string of the molecule is CN(C)CCc1c2c([nH]c1=c1[nH]c3c(c1CCN(C)C)C(=O)C=CC=3)=CC=CC2=O. The maximum Gasteiger partial charge on any atom is 0.188 e. The van der Waals surface area contributed by atoms with Gasteiger partial charge in [-0.2, -0.15) is 0 Å². The number of nitrogens with zero attached hydrogens (tertiary/aromatic N) is 2. The number of aromatic amines is 2. The van der Waals surface area contributed by atoms with Gasteiger partial charge in [0.25, 0.3) is 0 Å². The van der Waals surface area contributed by atoms with Gasteiger partial charge in [-0.3, -0.25) is 9.59 Å². The fraction of sp³-hybridized carbons (Fsp3) is 0.333. The maximum absolute atomic E-state index is 12.7. The average Bonchev–Trinajstić information content (AvgIpc) is 3.24. The van der Waals surface area contributed by atoms with Crippen molar-refractivity contribution in [3.8, 4) is 0 Å². The fourth-order valence-corrected chi connectivity index (χ4v) is 4.16. The van der Waals surface area contributed by atoms with Gasteiger partial charge in [-0.05, 0) is 76.5 Å². The van der Waals surface area contributed by atoms with Crippen LogP contribution in [0.4, 0.5) is 0 Å². The van der Waals surface area contributed by atoms with Crippen molar-refractivity contribution in [2.24, 2.45) is 0 Å². The topological polar surface area (TPSA) is 72.2 Å². The van der Waals surface area contributed by atoms with Gasteiger partial charge in [-0.25, -0.2) is 0 Å². The highest BCUT2D eigenvalue weighted by Crippen LogP contribution is 2.17. The minimum Gasteiger partial charge on any atom is -0.353 e. The largest absolute Gasteiger partial charge is 0.353 e. The van der Waals surface area contributed by atoms with E-state index in [0.717, 1.165) is 69.6 Å². The van der Waals surface area contributed by atoms with Crippen LogP contribution in [0, 0.1) is 10.7 Å². The normalized spacial score (nSPS) is 16.1. The smallest absolute Gasteiger partial charge is 0.188 e. The van der Waals surface area contributed by atoms with E-state index in [4.69, 9.17) is 0 Å². The lowest BCUT2D eigenvalue weighted by molar-refractivity contribution is 0.103. The predicted molar refractivity (Wildman–Crippen MR) is 119 cm³/mol. The second-order valence-electron chi connectivity index (χ2n) is 8.42. The minimum atomic E-state index is 0.0271. The van der Waals surface area contributed by atoms with E-state index in [1.54, 1.807) is 24.3 Å². The van der Waals surface area contributed by atoms with Gasteiger partial charge in [0.1, 0.15) is 0 Å². The molecule has 0 fully saturated rings. The van der Waals surface area contributed by atoms with E-state index < -0.39 is 0 Å². The van der Waals surface area contributed by atoms with E-state index in [2.05, 4.69) is 19.8 Å². The van der Waals surface area contributed by atoms with Crippen LogP contribution >= 0.6 is 0 Å². The standard InChI is InChI=1S/C24H28N4O2/c1-27(2)13-11-15-21-17(7-5-9-19(21)29)25-23(15)24-16(12-14-28(3)4)22-18(26-24)8-6-10-20(22)30/h5-10,25-26H,11-14H2,1-4H3. The number of H-pyrrole nitrogens is 2. The number of rotatable bonds is 6. The molecule has 4 rings (SSSR count). The average molecular weight is 405 g/mol. The Morgan fingerprint density at radius 1 is 0.700 bits per heavy atom. The van der Waals surface area contributed by atoms with Crippen LogP contribution < -0.4 is 10.7 Å². The third kappa shape index (κ3) is 3.64. The number of fused-ring (bicyclic) bond motifs is 2. The van der Waals surface area contributed by atoms with Crippen molar-refractivity contribution in [1.29, 1.82) is 0 Å². The van der Waals surface area contributed by atoms with Gasteiger partial charge in [0.15, 0.2) is 11.6 Å². The summed E-state index contributed by atoms with van der Waals surface area (Å²) < 4.78 is 0. The molecule has 2 heterocycles. The molecule has 0 amide bonds. The summed E-state index contributed by atoms with van der Waals surface area (Å²) in [4.78, 5) is 36.6. The Morgan fingerprint density at radius 3 is 1.47 bits per heavy atom. The van der Waals surface area contributed by atoms with Crippen LogP contribution in [-0.2, 0) is 12.8 Å². The van der Waals surface area contributed by atoms with Gasteiger partial charge in [0.05, 0.1) is 32.5 Å². The predicted octanol–water partition coefficient (Wildman–Crippen LogP) is 0.904. The Bertz CT molecular complexity index is 1190. The summed E-state index contributed by atoms with van der Waals surface area (Å²) >= 11 is 0. The summed E-state index contributed by atoms with van der Waals surface area (Å²) in [5.74, 6) is 0.0541. The molecule has 30 heavy (non-hydrogen) atoms. The zero-order chi connectivity index (χ0) is 21.4. The monoisotopic (exact) mass is 404 g/mol. The fourth-order valence-electron chi connectivity index (χ4n) is 4.16. The Labute approximate surface area is 175 Å². The van der Waals surface area contributed by atoms with Gasteiger partial charge in [0, 0.05) is 13.1 Å². The molecule has 6 nitrogen and oxygen atoms in total. The van der Waals surface area contributed by atoms with E-state index in [-0.39, 0.29) is 11.6 Å². The molecule has 0 spiro atoms. The highest BCUT2D eigenvalue weighted by Gasteiger charge is 2.21. The van der Waals surface area contributed by atoms with Crippen LogP contribution in [0.25, 0.3) is 12.2 Å². The maximum atomic E-state index is 12.7. The molecule has 2 aromatic heterocycles. The van der Waals surface area contributed by atoms with Crippen molar-refractivity contribution >= 4 is 23.7 Å². The summed E-state index contributed by atoms with van der Waals surface area (Å²) in [6.45, 7) is 1.66. The first-order valence-corrected chi connectivity index (χ1v) is 10.3. The summed E-state index contributed by atoms with van der Waals surface area (Å²) in [6, 6.07) is 0. The van der Waals surface area contributed by atoms with Gasteiger partial charge in [0.2, 0.25) is 0 Å². The Balaban J connectivity index is 2.07. The minimum absolute atomic E-state index is 0.0271. The van der Waals surface area contributed by atoms with E-state index in [0.29, 0.717) is 0 Å². The van der Waals surface area contributed by atoms with Crippen LogP contribution in [0.1, 0.15) is 31.8 Å². The first kappa shape index (κ1) is 20.3. The lowest BCUT2D eigenvalue weighted by Gasteiger charge is -2.11. The number of hydrogen-bond donors (Lipinski definition) is 2. The van der Waals surface area contributed by atoms with Crippen molar-refractivity contribution in [3.63, 3.8) is 0 Å². The first-order chi connectivity index (χ1) is 14.4. The molecule has 0 aromatic carbocycles. The van der Waals surface area contributed by atoms with Crippen molar-refractivity contribution in [2.45, 2.75) is 12.8 Å². The number of likely N-dealkylation sites (N-methyl/N-ethyl adjacent to an activating group) is 2. The molecule has 0 bridgehead atoms. The summed E-state index contributed by atoms with van der Waals surface area (Å²) in [6.07, 6.45) is 12.2. The lowest BCUT2D eigenvalue weighted by Crippen LogP contribution is -2.19. The third-order valence-corrected chi connectivity index (χ3v) is 5.65. The molecule has 2 N–H and O–H groups in total. The molecule has 0 radical (unpaired) electrons. The van der Waals surface area contributed by atoms with Crippen LogP contribution in [-0.4, -0.2) is 72.6 Å².